The molecule has 0 saturated carbocycles. The number of carbonyl (C=O) groups is 1. The van der Waals surface area contributed by atoms with Crippen molar-refractivity contribution in [1.82, 2.24) is 8.87 Å². The molecular formula is C21H20F3N3O4S. The van der Waals surface area contributed by atoms with Crippen LogP contribution in [-0.2, 0) is 21.0 Å². The first-order chi connectivity index (χ1) is 14.9. The molecule has 1 aliphatic heterocycles. The number of carboxylic acids is 1. The third kappa shape index (κ3) is 3.71. The molecule has 1 saturated heterocycles. The minimum atomic E-state index is -4.62. The summed E-state index contributed by atoms with van der Waals surface area (Å²) in [5.74, 6) is -1.32. The van der Waals surface area contributed by atoms with Gasteiger partial charge in [-0.05, 0) is 36.4 Å². The molecule has 1 N–H and O–H groups in total. The number of aliphatic carboxylic acids is 1. The number of fused-ring (bicyclic) bond motifs is 1. The predicted octanol–water partition coefficient (Wildman–Crippen LogP) is 3.42. The number of halogens is 3. The van der Waals surface area contributed by atoms with Gasteiger partial charge >= 0.3 is 12.1 Å². The Labute approximate surface area is 182 Å². The SMILES string of the molecule is CN(C)S(=O)(=O)c1cn(-c2cccc(N3CC(C(=O)O)C3)c2)c2ccc(C(F)(F)F)cc12. The van der Waals surface area contributed by atoms with E-state index in [2.05, 4.69) is 0 Å². The Balaban J connectivity index is 1.85. The molecule has 1 fully saturated rings. The van der Waals surface area contributed by atoms with Crippen LogP contribution in [0.2, 0.25) is 0 Å². The Kier molecular flexibility index (Phi) is 5.21. The second-order valence-electron chi connectivity index (χ2n) is 7.84. The zero-order valence-corrected chi connectivity index (χ0v) is 18.0. The molecule has 170 valence electrons. The van der Waals surface area contributed by atoms with Crippen molar-refractivity contribution >= 4 is 32.6 Å². The van der Waals surface area contributed by atoms with E-state index in [1.54, 1.807) is 24.3 Å². The maximum absolute atomic E-state index is 13.3. The number of aromatic nitrogens is 1. The van der Waals surface area contributed by atoms with Crippen LogP contribution in [0.15, 0.2) is 53.6 Å². The highest BCUT2D eigenvalue weighted by Gasteiger charge is 2.34. The highest BCUT2D eigenvalue weighted by atomic mass is 32.2. The fraction of sp³-hybridized carbons (Fsp3) is 0.286. The first-order valence-electron chi connectivity index (χ1n) is 9.62. The number of benzene rings is 2. The lowest BCUT2D eigenvalue weighted by molar-refractivity contribution is -0.142. The van der Waals surface area contributed by atoms with E-state index in [4.69, 9.17) is 5.11 Å². The van der Waals surface area contributed by atoms with E-state index in [-0.39, 0.29) is 10.3 Å². The summed E-state index contributed by atoms with van der Waals surface area (Å²) in [4.78, 5) is 12.7. The van der Waals surface area contributed by atoms with Crippen LogP contribution < -0.4 is 4.90 Å². The van der Waals surface area contributed by atoms with Gasteiger partial charge in [-0.1, -0.05) is 6.07 Å². The first-order valence-corrected chi connectivity index (χ1v) is 11.1. The molecule has 7 nitrogen and oxygen atoms in total. The van der Waals surface area contributed by atoms with Crippen molar-refractivity contribution in [3.63, 3.8) is 0 Å². The van der Waals surface area contributed by atoms with Crippen molar-refractivity contribution in [3.8, 4) is 5.69 Å². The smallest absolute Gasteiger partial charge is 0.416 e. The highest BCUT2D eigenvalue weighted by Crippen LogP contribution is 2.36. The summed E-state index contributed by atoms with van der Waals surface area (Å²) in [6, 6.07) is 10.0. The number of carboxylic acid groups (broad SMARTS) is 1. The van der Waals surface area contributed by atoms with Gasteiger partial charge in [-0.2, -0.15) is 13.2 Å². The van der Waals surface area contributed by atoms with Gasteiger partial charge < -0.3 is 14.6 Å². The number of alkyl halides is 3. The molecule has 0 spiro atoms. The molecule has 11 heteroatoms. The molecule has 0 atom stereocenters. The molecule has 0 unspecified atom stereocenters. The van der Waals surface area contributed by atoms with Crippen LogP contribution in [-0.4, -0.2) is 55.6 Å². The molecule has 1 aromatic heterocycles. The standard InChI is InChI=1S/C21H20F3N3O4S/c1-25(2)32(30,31)19-12-27(18-7-6-14(8-17(18)19)21(22,23)24)16-5-3-4-15(9-16)26-10-13(11-26)20(28)29/h3-9,12-13H,10-11H2,1-2H3,(H,28,29). The topological polar surface area (TPSA) is 82.9 Å². The van der Waals surface area contributed by atoms with Gasteiger partial charge in [0.1, 0.15) is 4.90 Å². The van der Waals surface area contributed by atoms with Crippen LogP contribution in [0.5, 0.6) is 0 Å². The van der Waals surface area contributed by atoms with Gasteiger partial charge in [0.25, 0.3) is 0 Å². The van der Waals surface area contributed by atoms with Crippen LogP contribution in [0, 0.1) is 5.92 Å². The zero-order valence-electron chi connectivity index (χ0n) is 17.2. The van der Waals surface area contributed by atoms with Crippen LogP contribution >= 0.6 is 0 Å². The lowest BCUT2D eigenvalue weighted by atomic mass is 9.99. The average molecular weight is 467 g/mol. The largest absolute Gasteiger partial charge is 0.481 e. The molecule has 0 amide bonds. The van der Waals surface area contributed by atoms with E-state index in [9.17, 15) is 26.4 Å². The Morgan fingerprint density at radius 3 is 2.34 bits per heavy atom. The Hall–Kier alpha value is -3.05. The summed E-state index contributed by atoms with van der Waals surface area (Å²) in [6.07, 6.45) is -3.30. The highest BCUT2D eigenvalue weighted by molar-refractivity contribution is 7.89. The Morgan fingerprint density at radius 1 is 1.09 bits per heavy atom. The summed E-state index contributed by atoms with van der Waals surface area (Å²) in [5, 5.41) is 9.05. The molecule has 2 heterocycles. The third-order valence-corrected chi connectivity index (χ3v) is 7.40. The fourth-order valence-electron chi connectivity index (χ4n) is 3.68. The van der Waals surface area contributed by atoms with Crippen LogP contribution in [0.4, 0.5) is 18.9 Å². The number of hydrogen-bond acceptors (Lipinski definition) is 4. The van der Waals surface area contributed by atoms with Crippen molar-refractivity contribution in [2.45, 2.75) is 11.1 Å². The van der Waals surface area contributed by atoms with Gasteiger partial charge in [-0.3, -0.25) is 4.79 Å². The average Bonchev–Trinajstić information content (AvgIpc) is 3.05. The van der Waals surface area contributed by atoms with Crippen LogP contribution in [0.3, 0.4) is 0 Å². The number of nitrogens with zero attached hydrogens (tertiary/aromatic N) is 3. The number of anilines is 1. The lowest BCUT2D eigenvalue weighted by Crippen LogP contribution is -2.50. The molecule has 0 aliphatic carbocycles. The van der Waals surface area contributed by atoms with Gasteiger partial charge in [0, 0.05) is 50.1 Å². The molecule has 1 aliphatic rings. The molecule has 4 rings (SSSR count). The molecular weight excluding hydrogens is 447 g/mol. The third-order valence-electron chi connectivity index (χ3n) is 5.56. The number of rotatable bonds is 5. The zero-order chi connectivity index (χ0) is 23.4. The maximum atomic E-state index is 13.3. The first kappa shape index (κ1) is 22.2. The van der Waals surface area contributed by atoms with Crippen molar-refractivity contribution < 1.29 is 31.5 Å². The van der Waals surface area contributed by atoms with E-state index in [1.807, 2.05) is 4.90 Å². The summed E-state index contributed by atoms with van der Waals surface area (Å²) in [7, 11) is -1.39. The minimum absolute atomic E-state index is 0.0335. The van der Waals surface area contributed by atoms with Crippen LogP contribution in [0.1, 0.15) is 5.56 Å². The predicted molar refractivity (Wildman–Crippen MR) is 112 cm³/mol. The summed E-state index contributed by atoms with van der Waals surface area (Å²) >= 11 is 0. The van der Waals surface area contributed by atoms with Crippen LogP contribution in [0.25, 0.3) is 16.6 Å². The van der Waals surface area contributed by atoms with E-state index in [0.29, 0.717) is 24.3 Å². The Bertz CT molecular complexity index is 1310. The van der Waals surface area contributed by atoms with E-state index in [1.165, 1.54) is 30.9 Å². The van der Waals surface area contributed by atoms with E-state index >= 15 is 0 Å². The molecule has 0 radical (unpaired) electrons. The molecule has 0 bridgehead atoms. The molecule has 32 heavy (non-hydrogen) atoms. The van der Waals surface area contributed by atoms with Crippen molar-refractivity contribution in [3.05, 3.63) is 54.2 Å². The molecule has 3 aromatic rings. The Morgan fingerprint density at radius 2 is 1.75 bits per heavy atom. The fourth-order valence-corrected chi connectivity index (χ4v) is 4.75. The van der Waals surface area contributed by atoms with Crippen molar-refractivity contribution in [1.29, 1.82) is 0 Å². The summed E-state index contributed by atoms with van der Waals surface area (Å²) in [5.41, 5.74) is 0.659. The van der Waals surface area contributed by atoms with Gasteiger partial charge in [-0.25, -0.2) is 12.7 Å². The second kappa shape index (κ2) is 7.52. The monoisotopic (exact) mass is 467 g/mol. The maximum Gasteiger partial charge on any atom is 0.416 e. The van der Waals surface area contributed by atoms with Gasteiger partial charge in [0.15, 0.2) is 0 Å². The lowest BCUT2D eigenvalue weighted by Gasteiger charge is -2.38. The second-order valence-corrected chi connectivity index (χ2v) is 9.96. The normalized spacial score (nSPS) is 15.4. The summed E-state index contributed by atoms with van der Waals surface area (Å²) in [6.45, 7) is 0.695. The number of sulfonamides is 1. The van der Waals surface area contributed by atoms with E-state index in [0.717, 1.165) is 22.1 Å². The van der Waals surface area contributed by atoms with Gasteiger partial charge in [0.2, 0.25) is 10.0 Å². The molecule has 2 aromatic carbocycles. The number of hydrogen-bond donors (Lipinski definition) is 1. The van der Waals surface area contributed by atoms with Crippen molar-refractivity contribution in [2.75, 3.05) is 32.1 Å². The van der Waals surface area contributed by atoms with Gasteiger partial charge in [0.05, 0.1) is 17.0 Å². The quantitative estimate of drug-likeness (QED) is 0.622. The van der Waals surface area contributed by atoms with Crippen molar-refractivity contribution in [2.24, 2.45) is 5.92 Å². The minimum Gasteiger partial charge on any atom is -0.481 e. The van der Waals surface area contributed by atoms with E-state index < -0.39 is 33.7 Å². The summed E-state index contributed by atoms with van der Waals surface area (Å²) < 4.78 is 68.1. The van der Waals surface area contributed by atoms with Gasteiger partial charge in [-0.15, -0.1) is 0 Å².